The van der Waals surface area contributed by atoms with Gasteiger partial charge in [-0.15, -0.1) is 0 Å². The monoisotopic (exact) mass is 422 g/mol. The minimum atomic E-state index is -0.230. The molecule has 3 aliphatic rings. The van der Waals surface area contributed by atoms with Crippen molar-refractivity contribution in [1.29, 1.82) is 0 Å². The zero-order valence-corrected chi connectivity index (χ0v) is 18.0. The Morgan fingerprint density at radius 3 is 2.65 bits per heavy atom. The van der Waals surface area contributed by atoms with Crippen LogP contribution in [-0.4, -0.2) is 44.8 Å². The summed E-state index contributed by atoms with van der Waals surface area (Å²) < 4.78 is 1.28. The fourth-order valence-electron chi connectivity index (χ4n) is 5.01. The maximum atomic E-state index is 12.6. The van der Waals surface area contributed by atoms with Gasteiger partial charge in [0, 0.05) is 37.0 Å². The fourth-order valence-corrected chi connectivity index (χ4v) is 5.01. The number of amides is 1. The second kappa shape index (κ2) is 8.77. The van der Waals surface area contributed by atoms with Crippen molar-refractivity contribution >= 4 is 11.9 Å². The number of fused-ring (bicyclic) bond motifs is 3. The number of rotatable bonds is 4. The molecule has 2 aliphatic carbocycles. The largest absolute Gasteiger partial charge is 0.352 e. The van der Waals surface area contributed by atoms with Crippen molar-refractivity contribution in [3.8, 4) is 11.3 Å². The molecule has 0 unspecified atom stereocenters. The van der Waals surface area contributed by atoms with Crippen molar-refractivity contribution in [3.05, 3.63) is 33.9 Å². The molecule has 1 amide bonds. The Labute approximate surface area is 182 Å². The summed E-state index contributed by atoms with van der Waals surface area (Å²) in [6, 6.07) is 1.84. The van der Waals surface area contributed by atoms with E-state index in [1.807, 2.05) is 6.20 Å². The zero-order chi connectivity index (χ0) is 21.2. The molecule has 2 aromatic rings. The quantitative estimate of drug-likeness (QED) is 0.812. The van der Waals surface area contributed by atoms with Crippen LogP contribution in [-0.2, 0) is 24.2 Å². The lowest BCUT2D eigenvalue weighted by molar-refractivity contribution is -0.122. The highest BCUT2D eigenvalue weighted by Gasteiger charge is 2.24. The third kappa shape index (κ3) is 4.34. The van der Waals surface area contributed by atoms with Crippen LogP contribution in [0, 0.1) is 0 Å². The van der Waals surface area contributed by atoms with Crippen molar-refractivity contribution in [2.45, 2.75) is 76.8 Å². The Balaban J connectivity index is 1.37. The first-order valence-corrected chi connectivity index (χ1v) is 11.7. The van der Waals surface area contributed by atoms with Crippen molar-refractivity contribution in [3.63, 3.8) is 0 Å². The van der Waals surface area contributed by atoms with Gasteiger partial charge in [-0.25, -0.2) is 14.6 Å². The normalized spacial score (nSPS) is 18.9. The Hall–Kier alpha value is -2.77. The molecule has 0 aromatic carbocycles. The SMILES string of the molecule is O=C(Cn1nc2c(cc1=O)CCc1nc(N3CCCCC3)ncc1-2)NC1CCCCC1. The molecule has 2 aromatic heterocycles. The number of hydrogen-bond acceptors (Lipinski definition) is 6. The molecule has 5 rings (SSSR count). The highest BCUT2D eigenvalue weighted by Crippen LogP contribution is 2.30. The number of nitrogens with zero attached hydrogens (tertiary/aromatic N) is 5. The van der Waals surface area contributed by atoms with Crippen LogP contribution in [0.15, 0.2) is 17.1 Å². The number of aromatic nitrogens is 4. The highest BCUT2D eigenvalue weighted by molar-refractivity contribution is 5.76. The van der Waals surface area contributed by atoms with E-state index >= 15 is 0 Å². The minimum Gasteiger partial charge on any atom is -0.352 e. The zero-order valence-electron chi connectivity index (χ0n) is 18.0. The molecule has 0 spiro atoms. The Morgan fingerprint density at radius 2 is 1.84 bits per heavy atom. The van der Waals surface area contributed by atoms with Crippen LogP contribution in [0.5, 0.6) is 0 Å². The lowest BCUT2D eigenvalue weighted by Gasteiger charge is -2.28. The van der Waals surface area contributed by atoms with Crippen molar-refractivity contribution in [1.82, 2.24) is 25.1 Å². The number of aryl methyl sites for hydroxylation is 2. The van der Waals surface area contributed by atoms with Crippen molar-refractivity contribution in [2.75, 3.05) is 18.0 Å². The average Bonchev–Trinajstić information content (AvgIpc) is 2.80. The minimum absolute atomic E-state index is 0.0509. The van der Waals surface area contributed by atoms with E-state index in [0.29, 0.717) is 0 Å². The second-order valence-corrected chi connectivity index (χ2v) is 8.99. The number of piperidine rings is 1. The number of carbonyl (C=O) groups excluding carboxylic acids is 1. The molecule has 0 radical (unpaired) electrons. The van der Waals surface area contributed by atoms with Crippen LogP contribution in [0.3, 0.4) is 0 Å². The van der Waals surface area contributed by atoms with Gasteiger partial charge in [-0.2, -0.15) is 5.10 Å². The smallest absolute Gasteiger partial charge is 0.267 e. The van der Waals surface area contributed by atoms with Gasteiger partial charge in [0.05, 0.1) is 11.4 Å². The van der Waals surface area contributed by atoms with Gasteiger partial charge in [-0.05, 0) is 50.5 Å². The number of hydrogen-bond donors (Lipinski definition) is 1. The summed E-state index contributed by atoms with van der Waals surface area (Å²) in [5, 5.41) is 7.65. The molecule has 1 N–H and O–H groups in total. The van der Waals surface area contributed by atoms with E-state index in [4.69, 9.17) is 4.98 Å². The Morgan fingerprint density at radius 1 is 1.06 bits per heavy atom. The van der Waals surface area contributed by atoms with E-state index < -0.39 is 0 Å². The summed E-state index contributed by atoms with van der Waals surface area (Å²) in [6.07, 6.45) is 12.5. The van der Waals surface area contributed by atoms with E-state index in [2.05, 4.69) is 20.3 Å². The lowest BCUT2D eigenvalue weighted by atomic mass is 9.94. The van der Waals surface area contributed by atoms with Crippen LogP contribution in [0.4, 0.5) is 5.95 Å². The molecule has 8 heteroatoms. The molecule has 1 aliphatic heterocycles. The molecule has 1 saturated heterocycles. The van der Waals surface area contributed by atoms with Gasteiger partial charge < -0.3 is 10.2 Å². The molecular formula is C23H30N6O2. The lowest BCUT2D eigenvalue weighted by Crippen LogP contribution is -2.40. The average molecular weight is 423 g/mol. The molecule has 0 atom stereocenters. The van der Waals surface area contributed by atoms with Crippen LogP contribution in [0.2, 0.25) is 0 Å². The van der Waals surface area contributed by atoms with Crippen LogP contribution in [0.1, 0.15) is 62.6 Å². The first kappa shape index (κ1) is 20.2. The van der Waals surface area contributed by atoms with Gasteiger partial charge in [-0.3, -0.25) is 9.59 Å². The van der Waals surface area contributed by atoms with Gasteiger partial charge in [0.15, 0.2) is 0 Å². The summed E-state index contributed by atoms with van der Waals surface area (Å²) in [4.78, 5) is 36.8. The summed E-state index contributed by atoms with van der Waals surface area (Å²) >= 11 is 0. The van der Waals surface area contributed by atoms with Gasteiger partial charge >= 0.3 is 0 Å². The maximum absolute atomic E-state index is 12.6. The molecule has 2 fully saturated rings. The molecule has 3 heterocycles. The van der Waals surface area contributed by atoms with Crippen molar-refractivity contribution in [2.24, 2.45) is 0 Å². The van der Waals surface area contributed by atoms with E-state index in [-0.39, 0.29) is 24.1 Å². The summed E-state index contributed by atoms with van der Waals surface area (Å²) in [5.74, 6) is 0.649. The van der Waals surface area contributed by atoms with Crippen LogP contribution >= 0.6 is 0 Å². The predicted molar refractivity (Wildman–Crippen MR) is 118 cm³/mol. The van der Waals surface area contributed by atoms with Crippen LogP contribution < -0.4 is 15.8 Å². The highest BCUT2D eigenvalue weighted by atomic mass is 16.2. The topological polar surface area (TPSA) is 93.0 Å². The molecule has 164 valence electrons. The molecule has 1 saturated carbocycles. The first-order chi connectivity index (χ1) is 15.2. The second-order valence-electron chi connectivity index (χ2n) is 8.99. The van der Waals surface area contributed by atoms with E-state index in [1.165, 1.54) is 30.4 Å². The van der Waals surface area contributed by atoms with E-state index in [9.17, 15) is 9.59 Å². The van der Waals surface area contributed by atoms with Crippen LogP contribution in [0.25, 0.3) is 11.3 Å². The third-order valence-corrected chi connectivity index (χ3v) is 6.72. The summed E-state index contributed by atoms with van der Waals surface area (Å²) in [6.45, 7) is 1.96. The van der Waals surface area contributed by atoms with E-state index in [1.54, 1.807) is 6.07 Å². The number of carbonyl (C=O) groups is 1. The molecule has 31 heavy (non-hydrogen) atoms. The number of anilines is 1. The van der Waals surface area contributed by atoms with Gasteiger partial charge in [0.25, 0.3) is 5.56 Å². The third-order valence-electron chi connectivity index (χ3n) is 6.72. The summed E-state index contributed by atoms with van der Waals surface area (Å²) in [7, 11) is 0. The van der Waals surface area contributed by atoms with E-state index in [0.717, 1.165) is 80.1 Å². The predicted octanol–water partition coefficient (Wildman–Crippen LogP) is 2.24. The fraction of sp³-hybridized carbons (Fsp3) is 0.609. The molecule has 0 bridgehead atoms. The Kier molecular flexibility index (Phi) is 5.70. The number of nitrogens with one attached hydrogen (secondary N) is 1. The standard InChI is InChI=1S/C23H30N6O2/c30-20(25-17-7-3-1-4-8-17)15-29-21(31)13-16-9-10-19-18(22(16)27-29)14-24-23(26-19)28-11-5-2-6-12-28/h13-14,17H,1-12,15H2,(H,25,30). The molecule has 8 nitrogen and oxygen atoms in total. The molecular weight excluding hydrogens is 392 g/mol. The summed E-state index contributed by atoms with van der Waals surface area (Å²) in [5.41, 5.74) is 3.27. The van der Waals surface area contributed by atoms with Crippen molar-refractivity contribution < 1.29 is 4.79 Å². The van der Waals surface area contributed by atoms with Gasteiger partial charge in [0.2, 0.25) is 11.9 Å². The first-order valence-electron chi connectivity index (χ1n) is 11.7. The Bertz CT molecular complexity index is 1020. The van der Waals surface area contributed by atoms with Gasteiger partial charge in [0.1, 0.15) is 6.54 Å². The van der Waals surface area contributed by atoms with Gasteiger partial charge in [-0.1, -0.05) is 19.3 Å². The maximum Gasteiger partial charge on any atom is 0.267 e.